The van der Waals surface area contributed by atoms with Crippen LogP contribution in [0.5, 0.6) is 0 Å². The number of para-hydroxylation sites is 1. The largest absolute Gasteiger partial charge is 0.369 e. The van der Waals surface area contributed by atoms with E-state index in [2.05, 4.69) is 39.8 Å². The molecule has 0 saturated carbocycles. The summed E-state index contributed by atoms with van der Waals surface area (Å²) in [4.78, 5) is 2.52. The third-order valence-corrected chi connectivity index (χ3v) is 3.83. The van der Waals surface area contributed by atoms with Gasteiger partial charge in [0.05, 0.1) is 0 Å². The summed E-state index contributed by atoms with van der Waals surface area (Å²) in [5.41, 5.74) is 2.93. The molecule has 1 aromatic rings. The molecule has 1 atom stereocenters. The lowest BCUT2D eigenvalue weighted by atomic mass is 10.0. The maximum Gasteiger partial charge on any atom is 0.0415 e. The van der Waals surface area contributed by atoms with E-state index in [0.29, 0.717) is 6.04 Å². The molecule has 0 unspecified atom stereocenters. The molecule has 2 fully saturated rings. The summed E-state index contributed by atoms with van der Waals surface area (Å²) in [5, 5.41) is 7.03. The van der Waals surface area contributed by atoms with E-state index in [1.807, 2.05) is 0 Å². The van der Waals surface area contributed by atoms with Crippen LogP contribution in [-0.4, -0.2) is 32.7 Å². The van der Waals surface area contributed by atoms with Gasteiger partial charge in [0, 0.05) is 37.9 Å². The topological polar surface area (TPSA) is 27.3 Å². The Balaban J connectivity index is 1.86. The Bertz CT molecular complexity index is 365. The van der Waals surface area contributed by atoms with Gasteiger partial charge in [-0.3, -0.25) is 0 Å². The molecule has 0 radical (unpaired) electrons. The second-order valence-electron chi connectivity index (χ2n) is 4.94. The Kier molecular flexibility index (Phi) is 3.29. The molecule has 92 valence electrons. The second kappa shape index (κ2) is 5.07. The number of nitrogens with one attached hydrogen (secondary N) is 2. The lowest BCUT2D eigenvalue weighted by molar-refractivity contribution is 0.580. The van der Waals surface area contributed by atoms with E-state index in [0.717, 1.165) is 26.2 Å². The van der Waals surface area contributed by atoms with Crippen LogP contribution in [0, 0.1) is 0 Å². The van der Waals surface area contributed by atoms with Crippen molar-refractivity contribution in [3.05, 3.63) is 29.8 Å². The van der Waals surface area contributed by atoms with E-state index in [4.69, 9.17) is 0 Å². The van der Waals surface area contributed by atoms with Gasteiger partial charge in [0.1, 0.15) is 0 Å². The first-order valence-corrected chi connectivity index (χ1v) is 6.73. The number of anilines is 1. The highest BCUT2D eigenvalue weighted by molar-refractivity contribution is 5.55. The maximum absolute atomic E-state index is 3.61. The van der Waals surface area contributed by atoms with Crippen LogP contribution in [0.4, 0.5) is 5.69 Å². The molecule has 3 nitrogen and oxygen atoms in total. The molecule has 2 heterocycles. The highest BCUT2D eigenvalue weighted by atomic mass is 15.2. The third-order valence-electron chi connectivity index (χ3n) is 3.83. The van der Waals surface area contributed by atoms with Gasteiger partial charge in [-0.2, -0.15) is 0 Å². The molecule has 2 saturated heterocycles. The van der Waals surface area contributed by atoms with Crippen molar-refractivity contribution in [2.45, 2.75) is 18.9 Å². The van der Waals surface area contributed by atoms with Gasteiger partial charge in [-0.1, -0.05) is 18.2 Å². The fraction of sp³-hybridized carbons (Fsp3) is 0.571. The van der Waals surface area contributed by atoms with Gasteiger partial charge in [0.15, 0.2) is 0 Å². The van der Waals surface area contributed by atoms with Crippen molar-refractivity contribution >= 4 is 5.69 Å². The van der Waals surface area contributed by atoms with Crippen molar-refractivity contribution in [2.75, 3.05) is 37.6 Å². The quantitative estimate of drug-likeness (QED) is 0.808. The van der Waals surface area contributed by atoms with Crippen LogP contribution in [0.2, 0.25) is 0 Å². The summed E-state index contributed by atoms with van der Waals surface area (Å²) in [6, 6.07) is 9.47. The van der Waals surface area contributed by atoms with Crippen LogP contribution in [0.3, 0.4) is 0 Å². The van der Waals surface area contributed by atoms with Gasteiger partial charge in [0.2, 0.25) is 0 Å². The van der Waals surface area contributed by atoms with E-state index in [1.165, 1.54) is 30.6 Å². The van der Waals surface area contributed by atoms with E-state index in [-0.39, 0.29) is 0 Å². The second-order valence-corrected chi connectivity index (χ2v) is 4.94. The zero-order valence-electron chi connectivity index (χ0n) is 10.3. The highest BCUT2D eigenvalue weighted by Gasteiger charge is 2.21. The van der Waals surface area contributed by atoms with Crippen LogP contribution in [0.1, 0.15) is 24.4 Å². The van der Waals surface area contributed by atoms with E-state index < -0.39 is 0 Å². The molecule has 0 aliphatic carbocycles. The number of nitrogens with zero attached hydrogens (tertiary/aromatic N) is 1. The number of hydrogen-bond donors (Lipinski definition) is 2. The van der Waals surface area contributed by atoms with Crippen molar-refractivity contribution < 1.29 is 0 Å². The molecular formula is C14H21N3. The first kappa shape index (κ1) is 11.1. The van der Waals surface area contributed by atoms with Gasteiger partial charge < -0.3 is 15.5 Å². The molecule has 0 amide bonds. The minimum absolute atomic E-state index is 0.570. The van der Waals surface area contributed by atoms with Crippen molar-refractivity contribution in [2.24, 2.45) is 0 Å². The first-order valence-electron chi connectivity index (χ1n) is 6.73. The van der Waals surface area contributed by atoms with Gasteiger partial charge in [-0.15, -0.1) is 0 Å². The van der Waals surface area contributed by atoms with Crippen molar-refractivity contribution in [3.8, 4) is 0 Å². The minimum atomic E-state index is 0.570. The Morgan fingerprint density at radius 1 is 1.06 bits per heavy atom. The van der Waals surface area contributed by atoms with Crippen LogP contribution >= 0.6 is 0 Å². The fourth-order valence-electron chi connectivity index (χ4n) is 2.93. The number of benzene rings is 1. The number of rotatable bonds is 2. The summed E-state index contributed by atoms with van der Waals surface area (Å²) >= 11 is 0. The maximum atomic E-state index is 3.61. The molecule has 0 aromatic heterocycles. The summed E-state index contributed by atoms with van der Waals surface area (Å²) in [6.07, 6.45) is 2.59. The van der Waals surface area contributed by atoms with Crippen molar-refractivity contribution in [3.63, 3.8) is 0 Å². The van der Waals surface area contributed by atoms with Gasteiger partial charge in [-0.05, 0) is 31.0 Å². The Labute approximate surface area is 103 Å². The van der Waals surface area contributed by atoms with Crippen molar-refractivity contribution in [1.82, 2.24) is 10.6 Å². The molecular weight excluding hydrogens is 210 g/mol. The molecule has 0 bridgehead atoms. The van der Waals surface area contributed by atoms with Crippen LogP contribution in [0.15, 0.2) is 24.3 Å². The summed E-state index contributed by atoms with van der Waals surface area (Å²) in [7, 11) is 0. The van der Waals surface area contributed by atoms with Crippen LogP contribution in [0.25, 0.3) is 0 Å². The summed E-state index contributed by atoms with van der Waals surface area (Å²) < 4.78 is 0. The fourth-order valence-corrected chi connectivity index (χ4v) is 2.93. The smallest absolute Gasteiger partial charge is 0.0415 e. The predicted molar refractivity (Wildman–Crippen MR) is 71.5 cm³/mol. The Hall–Kier alpha value is -1.06. The number of piperazine rings is 1. The van der Waals surface area contributed by atoms with Crippen LogP contribution < -0.4 is 15.5 Å². The molecule has 3 heteroatoms. The predicted octanol–water partition coefficient (Wildman–Crippen LogP) is 1.52. The van der Waals surface area contributed by atoms with Crippen LogP contribution in [-0.2, 0) is 0 Å². The Morgan fingerprint density at radius 3 is 2.65 bits per heavy atom. The average Bonchev–Trinajstić information content (AvgIpc) is 2.94. The summed E-state index contributed by atoms with van der Waals surface area (Å²) in [5.74, 6) is 0. The first-order chi connectivity index (χ1) is 8.45. The SMILES string of the molecule is c1ccc(N2CCNCC2)c([C@@H]2CCCN2)c1. The van der Waals surface area contributed by atoms with E-state index in [9.17, 15) is 0 Å². The van der Waals surface area contributed by atoms with Gasteiger partial charge in [0.25, 0.3) is 0 Å². The molecule has 1 aromatic carbocycles. The minimum Gasteiger partial charge on any atom is -0.369 e. The molecule has 2 N–H and O–H groups in total. The molecule has 17 heavy (non-hydrogen) atoms. The van der Waals surface area contributed by atoms with E-state index in [1.54, 1.807) is 0 Å². The highest BCUT2D eigenvalue weighted by Crippen LogP contribution is 2.31. The average molecular weight is 231 g/mol. The zero-order chi connectivity index (χ0) is 11.5. The van der Waals surface area contributed by atoms with Gasteiger partial charge in [-0.25, -0.2) is 0 Å². The standard InChI is InChI=1S/C14H21N3/c1-2-6-14(17-10-8-15-9-11-17)12(4-1)13-5-3-7-16-13/h1-2,4,6,13,15-16H,3,5,7-11H2/t13-/m0/s1. The van der Waals surface area contributed by atoms with Crippen molar-refractivity contribution in [1.29, 1.82) is 0 Å². The number of hydrogen-bond acceptors (Lipinski definition) is 3. The summed E-state index contributed by atoms with van der Waals surface area (Å²) in [6.45, 7) is 5.63. The monoisotopic (exact) mass is 231 g/mol. The van der Waals surface area contributed by atoms with E-state index >= 15 is 0 Å². The molecule has 2 aliphatic heterocycles. The molecule has 2 aliphatic rings. The lowest BCUT2D eigenvalue weighted by Crippen LogP contribution is -2.44. The Morgan fingerprint density at radius 2 is 1.88 bits per heavy atom. The molecule has 0 spiro atoms. The third kappa shape index (κ3) is 2.31. The normalized spacial score (nSPS) is 25.2. The zero-order valence-corrected chi connectivity index (χ0v) is 10.3. The molecule has 3 rings (SSSR count). The lowest BCUT2D eigenvalue weighted by Gasteiger charge is -2.32. The van der Waals surface area contributed by atoms with Gasteiger partial charge >= 0.3 is 0 Å².